The Hall–Kier alpha value is -2.35. The fourth-order valence-corrected chi connectivity index (χ4v) is 4.79. The molecule has 0 unspecified atom stereocenters. The van der Waals surface area contributed by atoms with E-state index in [-0.39, 0.29) is 24.8 Å². The van der Waals surface area contributed by atoms with Gasteiger partial charge in [-0.15, -0.1) is 94.3 Å². The Labute approximate surface area is 262 Å². The number of hydrogen-bond acceptors (Lipinski definition) is 0. The van der Waals surface area contributed by atoms with Crippen molar-refractivity contribution in [1.29, 1.82) is 0 Å². The van der Waals surface area contributed by atoms with Gasteiger partial charge in [0, 0.05) is 0 Å². The zero-order valence-electron chi connectivity index (χ0n) is 22.3. The first kappa shape index (κ1) is 32.9. The second-order valence-electron chi connectivity index (χ2n) is 9.29. The minimum absolute atomic E-state index is 0. The van der Waals surface area contributed by atoms with Crippen molar-refractivity contribution in [2.24, 2.45) is 0 Å². The molecule has 0 N–H and O–H groups in total. The van der Waals surface area contributed by atoms with Gasteiger partial charge in [-0.25, -0.2) is 0 Å². The van der Waals surface area contributed by atoms with E-state index in [1.165, 1.54) is 78.3 Å². The van der Waals surface area contributed by atoms with Gasteiger partial charge in [0.1, 0.15) is 0 Å². The van der Waals surface area contributed by atoms with Crippen molar-refractivity contribution in [1.82, 2.24) is 0 Å². The molecule has 0 amide bonds. The van der Waals surface area contributed by atoms with Crippen LogP contribution in [0.2, 0.25) is 0 Å². The predicted octanol–water partition coefficient (Wildman–Crippen LogP) is 9.32. The van der Waals surface area contributed by atoms with E-state index in [1.807, 2.05) is 30.3 Å². The summed E-state index contributed by atoms with van der Waals surface area (Å²) in [4.78, 5) is 0. The van der Waals surface area contributed by atoms with Gasteiger partial charge < -0.3 is 0 Å². The first-order valence-electron chi connectivity index (χ1n) is 12.4. The van der Waals surface area contributed by atoms with Gasteiger partial charge >= 0.3 is 30.2 Å². The van der Waals surface area contributed by atoms with E-state index in [2.05, 4.69) is 113 Å². The van der Waals surface area contributed by atoms with Gasteiger partial charge in [-0.1, -0.05) is 92.1 Å². The molecule has 196 valence electrons. The molecular formula is C35H31Cl2SiZr-3. The Bertz CT molecular complexity index is 1490. The molecule has 5 aromatic carbocycles. The molecule has 2 radical (unpaired) electrons. The SMILES string of the molecule is CC1=[C-]c2c(ccc3ccccc23)C1.CC1=[C-]c2c(ccc3ccccc23)C1.Cl.Cl.[CH2-]c1ccccc1.[Si]=[Zr]. The normalized spacial score (nSPS) is 11.8. The predicted molar refractivity (Wildman–Crippen MR) is 170 cm³/mol. The van der Waals surface area contributed by atoms with Crippen LogP contribution in [0.4, 0.5) is 0 Å². The summed E-state index contributed by atoms with van der Waals surface area (Å²) >= 11 is 1.36. The van der Waals surface area contributed by atoms with Crippen LogP contribution in [0.5, 0.6) is 0 Å². The Morgan fingerprint density at radius 3 is 1.33 bits per heavy atom. The molecule has 2 aliphatic carbocycles. The van der Waals surface area contributed by atoms with Crippen molar-refractivity contribution in [3.63, 3.8) is 0 Å². The number of rotatable bonds is 0. The maximum atomic E-state index is 3.72. The summed E-state index contributed by atoms with van der Waals surface area (Å²) in [5.41, 5.74) is 9.21. The second-order valence-corrected chi connectivity index (χ2v) is 9.29. The van der Waals surface area contributed by atoms with Gasteiger partial charge in [0.25, 0.3) is 0 Å². The number of halogens is 2. The van der Waals surface area contributed by atoms with E-state index in [0.717, 1.165) is 18.4 Å². The van der Waals surface area contributed by atoms with Crippen LogP contribution in [0.15, 0.2) is 114 Å². The fraction of sp³-hybridized carbons (Fsp3) is 0.114. The third kappa shape index (κ3) is 8.32. The topological polar surface area (TPSA) is 0 Å². The number of fused-ring (bicyclic) bond motifs is 6. The first-order chi connectivity index (χ1) is 18.1. The molecule has 0 saturated carbocycles. The van der Waals surface area contributed by atoms with Crippen LogP contribution in [-0.4, -0.2) is 6.88 Å². The molecule has 0 fully saturated rings. The van der Waals surface area contributed by atoms with Crippen LogP contribution in [-0.2, 0) is 36.2 Å². The number of hydrogen-bond donors (Lipinski definition) is 0. The molecule has 2 aliphatic rings. The monoisotopic (exact) mass is 639 g/mol. The van der Waals surface area contributed by atoms with Crippen molar-refractivity contribution >= 4 is 53.2 Å². The summed E-state index contributed by atoms with van der Waals surface area (Å²) in [6.45, 7) is 11.1. The maximum absolute atomic E-state index is 3.72. The molecule has 5 aromatic rings. The average molecular weight is 642 g/mol. The van der Waals surface area contributed by atoms with Crippen LogP contribution in [0.3, 0.4) is 0 Å². The molecule has 0 bridgehead atoms. The third-order valence-electron chi connectivity index (χ3n) is 6.46. The van der Waals surface area contributed by atoms with Crippen LogP contribution < -0.4 is 0 Å². The Balaban J connectivity index is 0.000000203. The molecular weight excluding hydrogens is 611 g/mol. The van der Waals surface area contributed by atoms with Gasteiger partial charge in [-0.2, -0.15) is 47.9 Å². The molecule has 39 heavy (non-hydrogen) atoms. The average Bonchev–Trinajstić information content (AvgIpc) is 3.52. The van der Waals surface area contributed by atoms with E-state index >= 15 is 0 Å². The van der Waals surface area contributed by atoms with E-state index in [4.69, 9.17) is 0 Å². The summed E-state index contributed by atoms with van der Waals surface area (Å²) < 4.78 is 0. The standard InChI is InChI=1S/2C14H11.C7H7.2ClH.Si.Zr/c2*1-10-8-12-7-6-11-4-2-3-5-13(11)14(12)9-10;1-7-5-3-2-4-6-7;;;;/h2*2-7H,8H2,1H3;2-6H,1H2;2*1H;;/q3*-1;;;;. The molecule has 7 rings (SSSR count). The zero-order valence-corrected chi connectivity index (χ0v) is 27.3. The van der Waals surface area contributed by atoms with Crippen LogP contribution in [0.25, 0.3) is 21.5 Å². The van der Waals surface area contributed by atoms with Gasteiger partial charge in [0.15, 0.2) is 0 Å². The number of allylic oxidation sites excluding steroid dienone is 2. The quantitative estimate of drug-likeness (QED) is 0.117. The van der Waals surface area contributed by atoms with Gasteiger partial charge in [-0.05, 0) is 0 Å². The van der Waals surface area contributed by atoms with Crippen LogP contribution in [0.1, 0.15) is 41.7 Å². The van der Waals surface area contributed by atoms with Gasteiger partial charge in [0.05, 0.1) is 0 Å². The molecule has 0 heterocycles. The van der Waals surface area contributed by atoms with E-state index in [0.29, 0.717) is 0 Å². The first-order valence-corrected chi connectivity index (χ1v) is 16.6. The van der Waals surface area contributed by atoms with Crippen molar-refractivity contribution < 1.29 is 23.3 Å². The summed E-state index contributed by atoms with van der Waals surface area (Å²) in [5.74, 6) is 0. The minimum atomic E-state index is 0. The summed E-state index contributed by atoms with van der Waals surface area (Å²) in [7, 11) is 0. The van der Waals surface area contributed by atoms with Crippen molar-refractivity contribution in [2.75, 3.05) is 0 Å². The summed E-state index contributed by atoms with van der Waals surface area (Å²) in [6, 6.07) is 35.8. The van der Waals surface area contributed by atoms with Crippen molar-refractivity contribution in [2.45, 2.75) is 26.7 Å². The Morgan fingerprint density at radius 1 is 0.564 bits per heavy atom. The molecule has 0 aromatic heterocycles. The van der Waals surface area contributed by atoms with Crippen LogP contribution in [0, 0.1) is 19.1 Å². The Morgan fingerprint density at radius 2 is 0.949 bits per heavy atom. The second kappa shape index (κ2) is 16.0. The summed E-state index contributed by atoms with van der Waals surface area (Å²) in [6.07, 6.45) is 9.05. The van der Waals surface area contributed by atoms with Crippen molar-refractivity contribution in [3.05, 3.63) is 161 Å². The molecule has 4 heteroatoms. The van der Waals surface area contributed by atoms with Gasteiger partial charge in [0.2, 0.25) is 0 Å². The summed E-state index contributed by atoms with van der Waals surface area (Å²) in [5, 5.41) is 5.30. The van der Waals surface area contributed by atoms with E-state index < -0.39 is 0 Å². The molecule has 0 nitrogen and oxygen atoms in total. The van der Waals surface area contributed by atoms with Crippen LogP contribution >= 0.6 is 24.8 Å². The van der Waals surface area contributed by atoms with E-state index in [1.54, 1.807) is 0 Å². The molecule has 0 atom stereocenters. The molecule has 0 saturated heterocycles. The molecule has 0 aliphatic heterocycles. The number of benzene rings is 5. The third-order valence-corrected chi connectivity index (χ3v) is 6.46. The van der Waals surface area contributed by atoms with Crippen molar-refractivity contribution in [3.8, 4) is 0 Å². The molecule has 0 spiro atoms. The van der Waals surface area contributed by atoms with E-state index in [9.17, 15) is 0 Å². The zero-order chi connectivity index (χ0) is 26.2. The Kier molecular flexibility index (Phi) is 13.5. The van der Waals surface area contributed by atoms with Gasteiger partial charge in [-0.3, -0.25) is 0 Å². The fourth-order valence-electron chi connectivity index (χ4n) is 4.79.